The van der Waals surface area contributed by atoms with E-state index in [9.17, 15) is 0 Å². The normalized spacial score (nSPS) is 13.2. The highest BCUT2D eigenvalue weighted by molar-refractivity contribution is 4.71. The molecule has 8 heavy (non-hydrogen) atoms. The molecule has 0 spiro atoms. The minimum atomic E-state index is -0.0625. The molecule has 0 aromatic rings. The molecule has 0 saturated carbocycles. The minimum absolute atomic E-state index is 0.0625. The Morgan fingerprint density at radius 1 is 1.88 bits per heavy atom. The summed E-state index contributed by atoms with van der Waals surface area (Å²) in [6.45, 7) is 5.45. The average Bonchev–Trinajstić information content (AvgIpc) is 1.83. The van der Waals surface area contributed by atoms with E-state index < -0.39 is 0 Å². The zero-order valence-corrected chi connectivity index (χ0v) is 5.13. The van der Waals surface area contributed by atoms with Gasteiger partial charge in [0.1, 0.15) is 0 Å². The summed E-state index contributed by atoms with van der Waals surface area (Å²) in [4.78, 5) is 4.07. The van der Waals surface area contributed by atoms with Crippen LogP contribution in [0.4, 0.5) is 0 Å². The van der Waals surface area contributed by atoms with Gasteiger partial charge in [-0.25, -0.2) is 4.89 Å². The molecule has 0 heterocycles. The number of hydrogen-bond acceptors (Lipinski definition) is 2. The van der Waals surface area contributed by atoms with E-state index in [2.05, 4.69) is 11.5 Å². The minimum Gasteiger partial charge on any atom is -0.252 e. The molecule has 0 aliphatic rings. The lowest BCUT2D eigenvalue weighted by Crippen LogP contribution is -2.06. The zero-order chi connectivity index (χ0) is 6.41. The molecular weight excluding hydrogens is 104 g/mol. The van der Waals surface area contributed by atoms with E-state index in [0.29, 0.717) is 6.42 Å². The van der Waals surface area contributed by atoms with Crippen LogP contribution in [0.1, 0.15) is 19.8 Å². The van der Waals surface area contributed by atoms with Crippen molar-refractivity contribution in [1.82, 2.24) is 0 Å². The van der Waals surface area contributed by atoms with Gasteiger partial charge in [-0.3, -0.25) is 5.26 Å². The summed E-state index contributed by atoms with van der Waals surface area (Å²) in [7, 11) is 0. The summed E-state index contributed by atoms with van der Waals surface area (Å²) in [5, 5.41) is 8.11. The molecule has 0 saturated heterocycles. The molecule has 0 rings (SSSR count). The highest BCUT2D eigenvalue weighted by Gasteiger charge is 2.00. The molecule has 1 atom stereocenters. The van der Waals surface area contributed by atoms with Gasteiger partial charge in [0.2, 0.25) is 0 Å². The van der Waals surface area contributed by atoms with E-state index in [0.717, 1.165) is 6.42 Å². The maximum absolute atomic E-state index is 8.11. The van der Waals surface area contributed by atoms with Gasteiger partial charge in [0.25, 0.3) is 0 Å². The lowest BCUT2D eigenvalue weighted by atomic mass is 10.2. The van der Waals surface area contributed by atoms with E-state index in [4.69, 9.17) is 5.26 Å². The number of rotatable bonds is 4. The van der Waals surface area contributed by atoms with Gasteiger partial charge in [0.05, 0.1) is 6.10 Å². The van der Waals surface area contributed by atoms with Crippen molar-refractivity contribution in [2.75, 3.05) is 0 Å². The largest absolute Gasteiger partial charge is 0.252 e. The number of hydrogen-bond donors (Lipinski definition) is 1. The fraction of sp³-hybridized carbons (Fsp3) is 0.667. The van der Waals surface area contributed by atoms with Gasteiger partial charge in [-0.2, -0.15) is 0 Å². The van der Waals surface area contributed by atoms with E-state index >= 15 is 0 Å². The molecule has 1 N–H and O–H groups in total. The van der Waals surface area contributed by atoms with Gasteiger partial charge < -0.3 is 0 Å². The van der Waals surface area contributed by atoms with E-state index in [1.165, 1.54) is 0 Å². The summed E-state index contributed by atoms with van der Waals surface area (Å²) in [5.41, 5.74) is 0. The maximum Gasteiger partial charge on any atom is 0.0958 e. The lowest BCUT2D eigenvalue weighted by Gasteiger charge is -2.05. The molecule has 0 bridgehead atoms. The van der Waals surface area contributed by atoms with Gasteiger partial charge in [0.15, 0.2) is 0 Å². The second-order valence-electron chi connectivity index (χ2n) is 1.66. The molecule has 0 aliphatic heterocycles. The standard InChI is InChI=1S/C6H12O2/c1-3-5-6(4-2)8-7/h3,6-7H,1,4-5H2,2H3. The zero-order valence-electron chi connectivity index (χ0n) is 5.13. The van der Waals surface area contributed by atoms with Crippen molar-refractivity contribution in [2.24, 2.45) is 0 Å². The Morgan fingerprint density at radius 2 is 2.50 bits per heavy atom. The van der Waals surface area contributed by atoms with Crippen LogP contribution in [-0.2, 0) is 4.89 Å². The molecule has 48 valence electrons. The molecule has 0 fully saturated rings. The third-order valence-corrected chi connectivity index (χ3v) is 1.03. The predicted octanol–water partition coefficient (Wildman–Crippen LogP) is 1.83. The fourth-order valence-electron chi connectivity index (χ4n) is 0.470. The highest BCUT2D eigenvalue weighted by atomic mass is 17.1. The Bertz CT molecular complexity index is 57.5. The van der Waals surface area contributed by atoms with Crippen molar-refractivity contribution in [2.45, 2.75) is 25.9 Å². The third kappa shape index (κ3) is 2.77. The summed E-state index contributed by atoms with van der Waals surface area (Å²) < 4.78 is 0. The first kappa shape index (κ1) is 7.66. The summed E-state index contributed by atoms with van der Waals surface area (Å²) in [5.74, 6) is 0. The smallest absolute Gasteiger partial charge is 0.0958 e. The topological polar surface area (TPSA) is 29.5 Å². The Kier molecular flexibility index (Phi) is 4.61. The Labute approximate surface area is 49.7 Å². The monoisotopic (exact) mass is 116 g/mol. The molecule has 0 aliphatic carbocycles. The highest BCUT2D eigenvalue weighted by Crippen LogP contribution is 2.00. The molecule has 2 heteroatoms. The average molecular weight is 116 g/mol. The van der Waals surface area contributed by atoms with Crippen LogP contribution < -0.4 is 0 Å². The second kappa shape index (κ2) is 4.81. The van der Waals surface area contributed by atoms with Crippen molar-refractivity contribution >= 4 is 0 Å². The van der Waals surface area contributed by atoms with Gasteiger partial charge in [-0.15, -0.1) is 6.58 Å². The SMILES string of the molecule is C=CCC(CC)OO. The quantitative estimate of drug-likeness (QED) is 0.345. The van der Waals surface area contributed by atoms with E-state index in [-0.39, 0.29) is 6.10 Å². The Balaban J connectivity index is 3.20. The lowest BCUT2D eigenvalue weighted by molar-refractivity contribution is -0.277. The van der Waals surface area contributed by atoms with Crippen LogP contribution in [0, 0.1) is 0 Å². The molecular formula is C6H12O2. The molecule has 0 aromatic heterocycles. The third-order valence-electron chi connectivity index (χ3n) is 1.03. The van der Waals surface area contributed by atoms with Crippen LogP contribution in [0.5, 0.6) is 0 Å². The van der Waals surface area contributed by atoms with Crippen LogP contribution in [0.15, 0.2) is 12.7 Å². The molecule has 0 aromatic carbocycles. The van der Waals surface area contributed by atoms with Crippen molar-refractivity contribution in [3.63, 3.8) is 0 Å². The Morgan fingerprint density at radius 3 is 2.62 bits per heavy atom. The van der Waals surface area contributed by atoms with Crippen molar-refractivity contribution in [3.8, 4) is 0 Å². The molecule has 0 radical (unpaired) electrons. The fourth-order valence-corrected chi connectivity index (χ4v) is 0.470. The van der Waals surface area contributed by atoms with Gasteiger partial charge >= 0.3 is 0 Å². The van der Waals surface area contributed by atoms with Gasteiger partial charge in [-0.05, 0) is 12.8 Å². The van der Waals surface area contributed by atoms with Crippen molar-refractivity contribution < 1.29 is 10.1 Å². The van der Waals surface area contributed by atoms with E-state index in [1.807, 2.05) is 6.92 Å². The van der Waals surface area contributed by atoms with Crippen LogP contribution in [0.2, 0.25) is 0 Å². The van der Waals surface area contributed by atoms with Gasteiger partial charge in [0, 0.05) is 0 Å². The first-order valence-corrected chi connectivity index (χ1v) is 2.76. The van der Waals surface area contributed by atoms with E-state index in [1.54, 1.807) is 6.08 Å². The second-order valence-corrected chi connectivity index (χ2v) is 1.66. The van der Waals surface area contributed by atoms with Crippen molar-refractivity contribution in [3.05, 3.63) is 12.7 Å². The first-order chi connectivity index (χ1) is 3.85. The molecule has 2 nitrogen and oxygen atoms in total. The molecule has 0 amide bonds. The van der Waals surface area contributed by atoms with Crippen LogP contribution in [0.3, 0.4) is 0 Å². The van der Waals surface area contributed by atoms with Crippen molar-refractivity contribution in [1.29, 1.82) is 0 Å². The van der Waals surface area contributed by atoms with Crippen LogP contribution >= 0.6 is 0 Å². The van der Waals surface area contributed by atoms with Gasteiger partial charge in [-0.1, -0.05) is 13.0 Å². The maximum atomic E-state index is 8.11. The first-order valence-electron chi connectivity index (χ1n) is 2.76. The van der Waals surface area contributed by atoms with Crippen LogP contribution in [0.25, 0.3) is 0 Å². The van der Waals surface area contributed by atoms with Crippen LogP contribution in [-0.4, -0.2) is 11.4 Å². The summed E-state index contributed by atoms with van der Waals surface area (Å²) in [6, 6.07) is 0. The predicted molar refractivity (Wildman–Crippen MR) is 32.6 cm³/mol. The summed E-state index contributed by atoms with van der Waals surface area (Å²) in [6.07, 6.45) is 3.20. The summed E-state index contributed by atoms with van der Waals surface area (Å²) >= 11 is 0. The Hall–Kier alpha value is -0.340. The molecule has 1 unspecified atom stereocenters.